The number of alkyl halides is 2. The smallest absolute Gasteiger partial charge is 0.252 e. The summed E-state index contributed by atoms with van der Waals surface area (Å²) >= 11 is 0. The predicted molar refractivity (Wildman–Crippen MR) is 58.3 cm³/mol. The molecule has 1 saturated carbocycles. The number of hydrogen-bond acceptors (Lipinski definition) is 1. The van der Waals surface area contributed by atoms with Crippen LogP contribution in [0.15, 0.2) is 30.5 Å². The van der Waals surface area contributed by atoms with Crippen molar-refractivity contribution in [3.8, 4) is 0 Å². The Labute approximate surface area is 91.4 Å². The maximum absolute atomic E-state index is 12.9. The molecule has 1 aliphatic carbocycles. The Kier molecular flexibility index (Phi) is 1.73. The van der Waals surface area contributed by atoms with Crippen LogP contribution in [0, 0.1) is 0 Å². The number of fused-ring (bicyclic) bond motifs is 1. The second-order valence-corrected chi connectivity index (χ2v) is 4.65. The van der Waals surface area contributed by atoms with Crippen molar-refractivity contribution >= 4 is 10.9 Å². The highest BCUT2D eigenvalue weighted by molar-refractivity contribution is 5.80. The van der Waals surface area contributed by atoms with Gasteiger partial charge in [0.25, 0.3) is 5.92 Å². The Bertz CT molecular complexity index is 537. The van der Waals surface area contributed by atoms with Crippen molar-refractivity contribution < 1.29 is 8.78 Å². The maximum Gasteiger partial charge on any atom is 0.252 e. The predicted octanol–water partition coefficient (Wildman–Crippen LogP) is 2.75. The summed E-state index contributed by atoms with van der Waals surface area (Å²) < 4.78 is 25.8. The first-order valence-corrected chi connectivity index (χ1v) is 5.23. The molecule has 2 nitrogen and oxygen atoms in total. The molecule has 0 spiro atoms. The van der Waals surface area contributed by atoms with Gasteiger partial charge in [-0.05, 0) is 23.1 Å². The number of aromatic nitrogens is 1. The number of nitrogens with two attached hydrogens (primary N) is 1. The lowest BCUT2D eigenvalue weighted by Gasteiger charge is -2.44. The first-order chi connectivity index (χ1) is 7.49. The summed E-state index contributed by atoms with van der Waals surface area (Å²) in [7, 11) is 0. The molecule has 84 valence electrons. The molecular weight excluding hydrogens is 210 g/mol. The van der Waals surface area contributed by atoms with Gasteiger partial charge in [0.2, 0.25) is 0 Å². The number of rotatable bonds is 1. The van der Waals surface area contributed by atoms with Gasteiger partial charge in [0, 0.05) is 24.6 Å². The molecule has 1 aromatic heterocycles. The van der Waals surface area contributed by atoms with Crippen LogP contribution in [-0.2, 0) is 5.54 Å². The quantitative estimate of drug-likeness (QED) is 0.765. The first kappa shape index (κ1) is 9.78. The fourth-order valence-corrected chi connectivity index (χ4v) is 2.43. The highest BCUT2D eigenvalue weighted by Crippen LogP contribution is 2.50. The molecule has 1 fully saturated rings. The monoisotopic (exact) mass is 222 g/mol. The average Bonchev–Trinajstić information content (AvgIpc) is 2.60. The molecule has 1 heterocycles. The van der Waals surface area contributed by atoms with Crippen LogP contribution in [0.4, 0.5) is 8.78 Å². The lowest BCUT2D eigenvalue weighted by Crippen LogP contribution is -2.55. The van der Waals surface area contributed by atoms with Crippen molar-refractivity contribution in [3.05, 3.63) is 36.0 Å². The molecule has 0 saturated heterocycles. The second kappa shape index (κ2) is 2.83. The van der Waals surface area contributed by atoms with Crippen molar-refractivity contribution in [3.63, 3.8) is 0 Å². The van der Waals surface area contributed by atoms with Gasteiger partial charge in [0.05, 0.1) is 5.54 Å². The number of benzene rings is 1. The van der Waals surface area contributed by atoms with Crippen molar-refractivity contribution in [1.29, 1.82) is 0 Å². The molecule has 0 unspecified atom stereocenters. The van der Waals surface area contributed by atoms with Gasteiger partial charge in [-0.2, -0.15) is 0 Å². The molecule has 2 aromatic rings. The Morgan fingerprint density at radius 3 is 2.62 bits per heavy atom. The fraction of sp³-hybridized carbons (Fsp3) is 0.333. The summed E-state index contributed by atoms with van der Waals surface area (Å²) in [6.45, 7) is 0. The molecule has 0 aliphatic heterocycles. The lowest BCUT2D eigenvalue weighted by molar-refractivity contribution is -0.125. The largest absolute Gasteiger partial charge is 0.361 e. The van der Waals surface area contributed by atoms with Gasteiger partial charge in [-0.15, -0.1) is 0 Å². The van der Waals surface area contributed by atoms with E-state index in [-0.39, 0.29) is 12.8 Å². The van der Waals surface area contributed by atoms with Gasteiger partial charge >= 0.3 is 0 Å². The van der Waals surface area contributed by atoms with E-state index in [0.29, 0.717) is 0 Å². The fourth-order valence-electron chi connectivity index (χ4n) is 2.43. The number of aromatic amines is 1. The van der Waals surface area contributed by atoms with Crippen molar-refractivity contribution in [2.45, 2.75) is 24.3 Å². The Morgan fingerprint density at radius 2 is 1.94 bits per heavy atom. The molecule has 0 radical (unpaired) electrons. The molecular formula is C12H12F2N2. The van der Waals surface area contributed by atoms with E-state index in [2.05, 4.69) is 4.98 Å². The summed E-state index contributed by atoms with van der Waals surface area (Å²) in [4.78, 5) is 3.06. The zero-order valence-corrected chi connectivity index (χ0v) is 8.63. The topological polar surface area (TPSA) is 41.8 Å². The van der Waals surface area contributed by atoms with E-state index in [9.17, 15) is 8.78 Å². The molecule has 1 aromatic carbocycles. The molecule has 16 heavy (non-hydrogen) atoms. The second-order valence-electron chi connectivity index (χ2n) is 4.65. The van der Waals surface area contributed by atoms with Crippen molar-refractivity contribution in [1.82, 2.24) is 4.98 Å². The molecule has 0 atom stereocenters. The van der Waals surface area contributed by atoms with E-state index in [4.69, 9.17) is 5.73 Å². The summed E-state index contributed by atoms with van der Waals surface area (Å²) in [5, 5.41) is 1.07. The highest BCUT2D eigenvalue weighted by atomic mass is 19.3. The van der Waals surface area contributed by atoms with Crippen LogP contribution in [0.25, 0.3) is 10.9 Å². The third-order valence-corrected chi connectivity index (χ3v) is 3.28. The van der Waals surface area contributed by atoms with Gasteiger partial charge < -0.3 is 10.7 Å². The zero-order valence-electron chi connectivity index (χ0n) is 8.63. The van der Waals surface area contributed by atoms with E-state index < -0.39 is 11.5 Å². The van der Waals surface area contributed by atoms with Gasteiger partial charge in [0.1, 0.15) is 0 Å². The first-order valence-electron chi connectivity index (χ1n) is 5.23. The van der Waals surface area contributed by atoms with Crippen molar-refractivity contribution in [2.75, 3.05) is 0 Å². The van der Waals surface area contributed by atoms with Crippen LogP contribution >= 0.6 is 0 Å². The van der Waals surface area contributed by atoms with E-state index in [0.717, 1.165) is 16.5 Å². The van der Waals surface area contributed by atoms with E-state index >= 15 is 0 Å². The standard InChI is InChI=1S/C12H12F2N2/c13-12(14)6-11(15,7-12)9-2-1-8-3-4-16-10(8)5-9/h1-5,16H,6-7,15H2. The van der Waals surface area contributed by atoms with Gasteiger partial charge in [-0.25, -0.2) is 8.78 Å². The van der Waals surface area contributed by atoms with Gasteiger partial charge in [-0.1, -0.05) is 12.1 Å². The Hall–Kier alpha value is -1.42. The molecule has 0 bridgehead atoms. The number of H-pyrrole nitrogens is 1. The van der Waals surface area contributed by atoms with Crippen LogP contribution in [0.5, 0.6) is 0 Å². The van der Waals surface area contributed by atoms with E-state index in [1.165, 1.54) is 0 Å². The van der Waals surface area contributed by atoms with Crippen LogP contribution in [0.2, 0.25) is 0 Å². The third kappa shape index (κ3) is 1.33. The molecule has 1 aliphatic rings. The summed E-state index contributed by atoms with van der Waals surface area (Å²) in [5.41, 5.74) is 6.84. The number of nitrogens with one attached hydrogen (secondary N) is 1. The molecule has 0 amide bonds. The van der Waals surface area contributed by atoms with Crippen LogP contribution in [-0.4, -0.2) is 10.9 Å². The summed E-state index contributed by atoms with van der Waals surface area (Å²) in [6, 6.07) is 7.56. The van der Waals surface area contributed by atoms with E-state index in [1.807, 2.05) is 30.5 Å². The zero-order chi connectivity index (χ0) is 11.4. The van der Waals surface area contributed by atoms with Crippen LogP contribution in [0.1, 0.15) is 18.4 Å². The number of halogens is 2. The summed E-state index contributed by atoms with van der Waals surface area (Å²) in [5.74, 6) is -2.60. The molecule has 3 N–H and O–H groups in total. The van der Waals surface area contributed by atoms with Gasteiger partial charge in [0.15, 0.2) is 0 Å². The third-order valence-electron chi connectivity index (χ3n) is 3.28. The number of hydrogen-bond donors (Lipinski definition) is 2. The highest BCUT2D eigenvalue weighted by Gasteiger charge is 2.55. The average molecular weight is 222 g/mol. The minimum atomic E-state index is -2.60. The minimum absolute atomic E-state index is 0.258. The normalized spacial score (nSPS) is 21.9. The SMILES string of the molecule is NC1(c2ccc3cc[nH]c3c2)CC(F)(F)C1. The maximum atomic E-state index is 12.9. The molecule has 3 rings (SSSR count). The van der Waals surface area contributed by atoms with Crippen molar-refractivity contribution in [2.24, 2.45) is 5.73 Å². The molecule has 4 heteroatoms. The Balaban J connectivity index is 2.00. The Morgan fingerprint density at radius 1 is 1.19 bits per heavy atom. The van der Waals surface area contributed by atoms with Crippen LogP contribution < -0.4 is 5.73 Å². The minimum Gasteiger partial charge on any atom is -0.361 e. The van der Waals surface area contributed by atoms with E-state index in [1.54, 1.807) is 0 Å². The lowest BCUT2D eigenvalue weighted by atomic mass is 9.70. The summed E-state index contributed by atoms with van der Waals surface area (Å²) in [6.07, 6.45) is 1.31. The van der Waals surface area contributed by atoms with Crippen LogP contribution in [0.3, 0.4) is 0 Å². The van der Waals surface area contributed by atoms with Gasteiger partial charge in [-0.3, -0.25) is 0 Å².